The highest BCUT2D eigenvalue weighted by molar-refractivity contribution is 9.09. The van der Waals surface area contributed by atoms with Crippen molar-refractivity contribution < 1.29 is 23.1 Å². The minimum atomic E-state index is -4.66. The molecule has 1 aromatic carbocycles. The van der Waals surface area contributed by atoms with Crippen molar-refractivity contribution in [3.8, 4) is 5.75 Å². The Balaban J connectivity index is 3.19. The van der Waals surface area contributed by atoms with Gasteiger partial charge < -0.3 is 5.11 Å². The predicted octanol–water partition coefficient (Wildman–Crippen LogP) is 3.38. The van der Waals surface area contributed by atoms with E-state index < -0.39 is 23.3 Å². The molecule has 16 heavy (non-hydrogen) atoms. The van der Waals surface area contributed by atoms with Gasteiger partial charge >= 0.3 is 6.18 Å². The molecule has 0 aromatic heterocycles. The molecule has 0 unspecified atom stereocenters. The van der Waals surface area contributed by atoms with E-state index in [1.807, 2.05) is 0 Å². The molecule has 2 nitrogen and oxygen atoms in total. The van der Waals surface area contributed by atoms with Gasteiger partial charge in [0.25, 0.3) is 0 Å². The van der Waals surface area contributed by atoms with Gasteiger partial charge in [0.2, 0.25) is 0 Å². The van der Waals surface area contributed by atoms with Gasteiger partial charge in [-0.2, -0.15) is 13.2 Å². The van der Waals surface area contributed by atoms with Gasteiger partial charge in [0.15, 0.2) is 5.78 Å². The van der Waals surface area contributed by atoms with Crippen molar-refractivity contribution in [3.05, 3.63) is 29.3 Å². The van der Waals surface area contributed by atoms with Crippen molar-refractivity contribution in [2.24, 2.45) is 0 Å². The second-order valence-electron chi connectivity index (χ2n) is 3.06. The minimum absolute atomic E-state index is 0.0366. The van der Waals surface area contributed by atoms with E-state index in [9.17, 15) is 23.1 Å². The summed E-state index contributed by atoms with van der Waals surface area (Å²) >= 11 is 3.01. The van der Waals surface area contributed by atoms with E-state index >= 15 is 0 Å². The maximum absolute atomic E-state index is 12.4. The number of carbonyl (C=O) groups is 1. The Kier molecular flexibility index (Phi) is 3.96. The van der Waals surface area contributed by atoms with Crippen LogP contribution < -0.4 is 0 Å². The largest absolute Gasteiger partial charge is 0.507 e. The topological polar surface area (TPSA) is 37.3 Å². The van der Waals surface area contributed by atoms with Crippen LogP contribution in [0.5, 0.6) is 5.75 Å². The summed E-state index contributed by atoms with van der Waals surface area (Å²) in [7, 11) is 0. The Morgan fingerprint density at radius 1 is 1.38 bits per heavy atom. The second kappa shape index (κ2) is 4.86. The molecule has 88 valence electrons. The number of para-hydroxylation sites is 1. The first kappa shape index (κ1) is 13.0. The number of benzene rings is 1. The smallest absolute Gasteiger partial charge is 0.419 e. The second-order valence-corrected chi connectivity index (χ2v) is 3.85. The van der Waals surface area contributed by atoms with Crippen molar-refractivity contribution in [2.75, 3.05) is 5.33 Å². The summed E-state index contributed by atoms with van der Waals surface area (Å²) in [4.78, 5) is 11.4. The number of Topliss-reactive ketones (excluding diaryl/α,β-unsaturated/α-hetero) is 1. The molecule has 0 aliphatic carbocycles. The third kappa shape index (κ3) is 2.75. The normalized spacial score (nSPS) is 11.5. The molecule has 0 amide bonds. The predicted molar refractivity (Wildman–Crippen MR) is 55.9 cm³/mol. The minimum Gasteiger partial charge on any atom is -0.507 e. The lowest BCUT2D eigenvalue weighted by Crippen LogP contribution is -2.08. The molecule has 1 N–H and O–H groups in total. The van der Waals surface area contributed by atoms with Crippen LogP contribution in [0.2, 0.25) is 0 Å². The lowest BCUT2D eigenvalue weighted by molar-refractivity contribution is -0.138. The molecule has 0 fully saturated rings. The standard InChI is InChI=1S/C10H8BrF3O2/c11-5-4-8(15)6-2-1-3-7(9(6)16)10(12,13)14/h1-3,16H,4-5H2. The first-order valence-corrected chi connectivity index (χ1v) is 5.48. The number of hydrogen-bond donors (Lipinski definition) is 1. The lowest BCUT2D eigenvalue weighted by Gasteiger charge is -2.11. The monoisotopic (exact) mass is 296 g/mol. The van der Waals surface area contributed by atoms with Crippen molar-refractivity contribution in [2.45, 2.75) is 12.6 Å². The first-order valence-electron chi connectivity index (χ1n) is 4.36. The van der Waals surface area contributed by atoms with Crippen LogP contribution in [0.4, 0.5) is 13.2 Å². The van der Waals surface area contributed by atoms with Gasteiger partial charge in [0, 0.05) is 11.8 Å². The fraction of sp³-hybridized carbons (Fsp3) is 0.300. The van der Waals surface area contributed by atoms with Crippen LogP contribution in [-0.2, 0) is 6.18 Å². The fourth-order valence-electron chi connectivity index (χ4n) is 1.22. The molecular weight excluding hydrogens is 289 g/mol. The zero-order valence-electron chi connectivity index (χ0n) is 8.01. The molecule has 0 aliphatic heterocycles. The van der Waals surface area contributed by atoms with Crippen LogP contribution in [0.15, 0.2) is 18.2 Å². The maximum Gasteiger partial charge on any atom is 0.419 e. The van der Waals surface area contributed by atoms with Crippen LogP contribution in [0.1, 0.15) is 22.3 Å². The summed E-state index contributed by atoms with van der Waals surface area (Å²) in [5.74, 6) is -1.53. The van der Waals surface area contributed by atoms with Gasteiger partial charge in [-0.15, -0.1) is 0 Å². The zero-order chi connectivity index (χ0) is 12.3. The Labute approximate surface area is 98.2 Å². The molecule has 0 saturated carbocycles. The Morgan fingerprint density at radius 2 is 2.00 bits per heavy atom. The van der Waals surface area contributed by atoms with Gasteiger partial charge in [-0.1, -0.05) is 22.0 Å². The highest BCUT2D eigenvalue weighted by Crippen LogP contribution is 2.37. The van der Waals surface area contributed by atoms with Crippen molar-refractivity contribution in [3.63, 3.8) is 0 Å². The molecule has 0 saturated heterocycles. The van der Waals surface area contributed by atoms with Crippen LogP contribution in [-0.4, -0.2) is 16.2 Å². The molecule has 1 aromatic rings. The molecule has 0 aliphatic rings. The first-order chi connectivity index (χ1) is 7.38. The molecule has 6 heteroatoms. The van der Waals surface area contributed by atoms with E-state index in [0.717, 1.165) is 12.1 Å². The van der Waals surface area contributed by atoms with Crippen molar-refractivity contribution in [1.82, 2.24) is 0 Å². The number of ketones is 1. The zero-order valence-corrected chi connectivity index (χ0v) is 9.60. The number of carbonyl (C=O) groups excluding carboxylic acids is 1. The number of aromatic hydroxyl groups is 1. The van der Waals surface area contributed by atoms with Crippen LogP contribution in [0.3, 0.4) is 0 Å². The third-order valence-corrected chi connectivity index (χ3v) is 2.36. The molecule has 0 radical (unpaired) electrons. The maximum atomic E-state index is 12.4. The van der Waals surface area contributed by atoms with Crippen molar-refractivity contribution >= 4 is 21.7 Å². The molecule has 0 heterocycles. The quantitative estimate of drug-likeness (QED) is 0.686. The van der Waals surface area contributed by atoms with E-state index in [4.69, 9.17) is 0 Å². The Hall–Kier alpha value is -1.04. The number of rotatable bonds is 3. The molecule has 1 rings (SSSR count). The van der Waals surface area contributed by atoms with Gasteiger partial charge in [0.05, 0.1) is 11.1 Å². The van der Waals surface area contributed by atoms with E-state index in [2.05, 4.69) is 15.9 Å². The van der Waals surface area contributed by atoms with Crippen LogP contribution in [0, 0.1) is 0 Å². The summed E-state index contributed by atoms with van der Waals surface area (Å²) in [6.07, 6.45) is -4.62. The average molecular weight is 297 g/mol. The summed E-state index contributed by atoms with van der Waals surface area (Å²) in [5.41, 5.74) is -1.48. The number of phenolic OH excluding ortho intramolecular Hbond substituents is 1. The van der Waals surface area contributed by atoms with E-state index in [0.29, 0.717) is 5.33 Å². The number of alkyl halides is 4. The average Bonchev–Trinajstić information content (AvgIpc) is 2.16. The van der Waals surface area contributed by atoms with Gasteiger partial charge in [0.1, 0.15) is 5.75 Å². The molecule has 0 spiro atoms. The summed E-state index contributed by atoms with van der Waals surface area (Å²) < 4.78 is 37.2. The van der Waals surface area contributed by atoms with Gasteiger partial charge in [-0.25, -0.2) is 0 Å². The summed E-state index contributed by atoms with van der Waals surface area (Å²) in [6.45, 7) is 0. The summed E-state index contributed by atoms with van der Waals surface area (Å²) in [5, 5.41) is 9.70. The highest BCUT2D eigenvalue weighted by atomic mass is 79.9. The SMILES string of the molecule is O=C(CCBr)c1cccc(C(F)(F)F)c1O. The summed E-state index contributed by atoms with van der Waals surface area (Å²) in [6, 6.07) is 3.01. The Bertz CT molecular complexity index is 402. The fourth-order valence-corrected chi connectivity index (χ4v) is 1.58. The van der Waals surface area contributed by atoms with Gasteiger partial charge in [-0.3, -0.25) is 4.79 Å². The molecule has 0 atom stereocenters. The third-order valence-electron chi connectivity index (χ3n) is 1.96. The number of hydrogen-bond acceptors (Lipinski definition) is 2. The Morgan fingerprint density at radius 3 is 2.50 bits per heavy atom. The molecular formula is C10H8BrF3O2. The van der Waals surface area contributed by atoms with Crippen LogP contribution in [0.25, 0.3) is 0 Å². The van der Waals surface area contributed by atoms with E-state index in [-0.39, 0.29) is 12.0 Å². The van der Waals surface area contributed by atoms with Gasteiger partial charge in [-0.05, 0) is 12.1 Å². The lowest BCUT2D eigenvalue weighted by atomic mass is 10.0. The highest BCUT2D eigenvalue weighted by Gasteiger charge is 2.35. The van der Waals surface area contributed by atoms with Crippen molar-refractivity contribution in [1.29, 1.82) is 0 Å². The molecule has 0 bridgehead atoms. The van der Waals surface area contributed by atoms with E-state index in [1.54, 1.807) is 0 Å². The van der Waals surface area contributed by atoms with E-state index in [1.165, 1.54) is 6.07 Å². The van der Waals surface area contributed by atoms with Crippen LogP contribution >= 0.6 is 15.9 Å². The number of phenols is 1. The number of halogens is 4.